The van der Waals surface area contributed by atoms with Gasteiger partial charge in [-0.1, -0.05) is 26.3 Å². The molecule has 1 aromatic carbocycles. The molecule has 0 saturated carbocycles. The third kappa shape index (κ3) is 2.16. The first-order valence-electron chi connectivity index (χ1n) is 5.80. The number of fused-ring (bicyclic) bond motifs is 1. The van der Waals surface area contributed by atoms with Gasteiger partial charge in [-0.25, -0.2) is 9.78 Å². The van der Waals surface area contributed by atoms with Crippen LogP contribution in [0.2, 0.25) is 0 Å². The summed E-state index contributed by atoms with van der Waals surface area (Å²) in [4.78, 5) is 15.4. The summed E-state index contributed by atoms with van der Waals surface area (Å²) in [6.07, 6.45) is 2.79. The van der Waals surface area contributed by atoms with Crippen LogP contribution in [0.4, 0.5) is 0 Å². The average molecular weight is 232 g/mol. The first-order valence-corrected chi connectivity index (χ1v) is 5.80. The number of benzene rings is 1. The summed E-state index contributed by atoms with van der Waals surface area (Å²) in [5.41, 5.74) is 1.79. The second-order valence-corrected chi connectivity index (χ2v) is 4.39. The predicted octanol–water partition coefficient (Wildman–Crippen LogP) is 2.78. The Kier molecular flexibility index (Phi) is 3.13. The number of imidazole rings is 1. The Morgan fingerprint density at radius 3 is 2.94 bits per heavy atom. The van der Waals surface area contributed by atoms with E-state index in [1.807, 2.05) is 10.6 Å². The molecule has 0 aliphatic heterocycles. The van der Waals surface area contributed by atoms with Gasteiger partial charge < -0.3 is 9.67 Å². The molecule has 1 heterocycles. The number of carboxylic acid groups (broad SMARTS) is 1. The van der Waals surface area contributed by atoms with Crippen LogP contribution in [0.3, 0.4) is 0 Å². The van der Waals surface area contributed by atoms with E-state index >= 15 is 0 Å². The van der Waals surface area contributed by atoms with E-state index in [0.717, 1.165) is 24.0 Å². The number of nitrogens with zero attached hydrogens (tertiary/aromatic N) is 2. The summed E-state index contributed by atoms with van der Waals surface area (Å²) in [5, 5.41) is 9.18. The number of rotatable bonds is 4. The summed E-state index contributed by atoms with van der Waals surface area (Å²) in [5.74, 6) is -0.393. The van der Waals surface area contributed by atoms with Gasteiger partial charge in [0.05, 0.1) is 22.9 Å². The third-order valence-electron chi connectivity index (χ3n) is 3.07. The van der Waals surface area contributed by atoms with Crippen molar-refractivity contribution in [2.24, 2.45) is 5.92 Å². The molecule has 17 heavy (non-hydrogen) atoms. The minimum Gasteiger partial charge on any atom is -0.478 e. The number of hydrogen-bond donors (Lipinski definition) is 1. The highest BCUT2D eigenvalue weighted by atomic mass is 16.4. The predicted molar refractivity (Wildman–Crippen MR) is 66.1 cm³/mol. The second kappa shape index (κ2) is 4.57. The number of carboxylic acids is 1. The first kappa shape index (κ1) is 11.6. The van der Waals surface area contributed by atoms with Gasteiger partial charge in [-0.15, -0.1) is 0 Å². The quantitative estimate of drug-likeness (QED) is 0.881. The monoisotopic (exact) mass is 232 g/mol. The van der Waals surface area contributed by atoms with Gasteiger partial charge in [0.1, 0.15) is 0 Å². The zero-order chi connectivity index (χ0) is 12.4. The summed E-state index contributed by atoms with van der Waals surface area (Å²) in [6.45, 7) is 5.08. The van der Waals surface area contributed by atoms with E-state index in [4.69, 9.17) is 0 Å². The summed E-state index contributed by atoms with van der Waals surface area (Å²) in [7, 11) is 0. The van der Waals surface area contributed by atoms with Crippen molar-refractivity contribution in [3.05, 3.63) is 30.1 Å². The Hall–Kier alpha value is -1.84. The summed E-state index contributed by atoms with van der Waals surface area (Å²) < 4.78 is 1.94. The SMILES string of the molecule is CCC(C)Cn1cnc2cccc(C(=O)O)c21. The third-order valence-corrected chi connectivity index (χ3v) is 3.07. The van der Waals surface area contributed by atoms with Crippen LogP contribution in [-0.4, -0.2) is 20.6 Å². The Morgan fingerprint density at radius 2 is 2.29 bits per heavy atom. The fourth-order valence-electron chi connectivity index (χ4n) is 1.90. The van der Waals surface area contributed by atoms with Crippen LogP contribution in [0.1, 0.15) is 30.6 Å². The Bertz CT molecular complexity index is 545. The van der Waals surface area contributed by atoms with Gasteiger partial charge >= 0.3 is 5.97 Å². The van der Waals surface area contributed by atoms with Gasteiger partial charge in [0.25, 0.3) is 0 Å². The van der Waals surface area contributed by atoms with Crippen molar-refractivity contribution in [2.45, 2.75) is 26.8 Å². The molecule has 0 radical (unpaired) electrons. The molecular weight excluding hydrogens is 216 g/mol. The molecule has 1 atom stereocenters. The van der Waals surface area contributed by atoms with E-state index < -0.39 is 5.97 Å². The highest BCUT2D eigenvalue weighted by Gasteiger charge is 2.13. The molecule has 4 heteroatoms. The molecule has 1 N–H and O–H groups in total. The van der Waals surface area contributed by atoms with Gasteiger partial charge in [0.15, 0.2) is 0 Å². The lowest BCUT2D eigenvalue weighted by Crippen LogP contribution is -2.08. The maximum Gasteiger partial charge on any atom is 0.337 e. The molecule has 0 aliphatic carbocycles. The molecule has 0 spiro atoms. The highest BCUT2D eigenvalue weighted by molar-refractivity contribution is 6.01. The van der Waals surface area contributed by atoms with Gasteiger partial charge in [0.2, 0.25) is 0 Å². The van der Waals surface area contributed by atoms with Crippen molar-refractivity contribution < 1.29 is 9.90 Å². The fourth-order valence-corrected chi connectivity index (χ4v) is 1.90. The van der Waals surface area contributed by atoms with Crippen LogP contribution >= 0.6 is 0 Å². The van der Waals surface area contributed by atoms with Gasteiger partial charge in [-0.2, -0.15) is 0 Å². The molecule has 0 bridgehead atoms. The molecule has 4 nitrogen and oxygen atoms in total. The lowest BCUT2D eigenvalue weighted by molar-refractivity contribution is 0.0698. The fraction of sp³-hybridized carbons (Fsp3) is 0.385. The van der Waals surface area contributed by atoms with Crippen molar-refractivity contribution >= 4 is 17.0 Å². The van der Waals surface area contributed by atoms with Crippen LogP contribution in [0.15, 0.2) is 24.5 Å². The number of aromatic nitrogens is 2. The van der Waals surface area contributed by atoms with Crippen LogP contribution in [0.25, 0.3) is 11.0 Å². The number of hydrogen-bond acceptors (Lipinski definition) is 2. The lowest BCUT2D eigenvalue weighted by atomic mass is 10.1. The van der Waals surface area contributed by atoms with E-state index in [0.29, 0.717) is 11.5 Å². The van der Waals surface area contributed by atoms with E-state index in [2.05, 4.69) is 18.8 Å². The van der Waals surface area contributed by atoms with Gasteiger partial charge in [-0.3, -0.25) is 0 Å². The molecule has 0 fully saturated rings. The van der Waals surface area contributed by atoms with E-state index in [1.54, 1.807) is 18.5 Å². The maximum absolute atomic E-state index is 11.2. The zero-order valence-corrected chi connectivity index (χ0v) is 10.1. The molecule has 0 amide bonds. The Balaban J connectivity index is 2.53. The molecule has 2 aromatic rings. The average Bonchev–Trinajstić information content (AvgIpc) is 2.72. The van der Waals surface area contributed by atoms with Crippen molar-refractivity contribution in [1.29, 1.82) is 0 Å². The number of para-hydroxylation sites is 1. The van der Waals surface area contributed by atoms with Gasteiger partial charge in [-0.05, 0) is 18.1 Å². The maximum atomic E-state index is 11.2. The van der Waals surface area contributed by atoms with Crippen LogP contribution in [-0.2, 0) is 6.54 Å². The molecule has 2 rings (SSSR count). The van der Waals surface area contributed by atoms with Crippen molar-refractivity contribution in [3.8, 4) is 0 Å². The van der Waals surface area contributed by atoms with Crippen molar-refractivity contribution in [3.63, 3.8) is 0 Å². The normalized spacial score (nSPS) is 12.8. The first-order chi connectivity index (χ1) is 8.13. The minimum atomic E-state index is -0.901. The summed E-state index contributed by atoms with van der Waals surface area (Å²) in [6, 6.07) is 5.20. The number of carbonyl (C=O) groups is 1. The minimum absolute atomic E-state index is 0.323. The molecule has 0 saturated heterocycles. The van der Waals surface area contributed by atoms with Crippen LogP contribution in [0.5, 0.6) is 0 Å². The summed E-state index contributed by atoms with van der Waals surface area (Å²) >= 11 is 0. The van der Waals surface area contributed by atoms with Crippen LogP contribution in [0, 0.1) is 5.92 Å². The standard InChI is InChI=1S/C13H16N2O2/c1-3-9(2)7-15-8-14-11-6-4-5-10(12(11)15)13(16)17/h4-6,8-9H,3,7H2,1-2H3,(H,16,17). The van der Waals surface area contributed by atoms with Crippen molar-refractivity contribution in [2.75, 3.05) is 0 Å². The molecule has 90 valence electrons. The molecule has 0 aliphatic rings. The second-order valence-electron chi connectivity index (χ2n) is 4.39. The van der Waals surface area contributed by atoms with E-state index in [-0.39, 0.29) is 0 Å². The lowest BCUT2D eigenvalue weighted by Gasteiger charge is -2.11. The number of aromatic carboxylic acids is 1. The molecule has 1 unspecified atom stereocenters. The van der Waals surface area contributed by atoms with Gasteiger partial charge in [0, 0.05) is 6.54 Å². The molecule has 1 aromatic heterocycles. The highest BCUT2D eigenvalue weighted by Crippen LogP contribution is 2.19. The van der Waals surface area contributed by atoms with E-state index in [9.17, 15) is 9.90 Å². The van der Waals surface area contributed by atoms with E-state index in [1.165, 1.54) is 0 Å². The Morgan fingerprint density at radius 1 is 1.53 bits per heavy atom. The largest absolute Gasteiger partial charge is 0.478 e. The van der Waals surface area contributed by atoms with Crippen molar-refractivity contribution in [1.82, 2.24) is 9.55 Å². The topological polar surface area (TPSA) is 55.1 Å². The zero-order valence-electron chi connectivity index (χ0n) is 10.1. The van der Waals surface area contributed by atoms with Crippen LogP contribution < -0.4 is 0 Å². The molecular formula is C13H16N2O2. The Labute approximate surface area is 99.9 Å². The smallest absolute Gasteiger partial charge is 0.337 e.